The van der Waals surface area contributed by atoms with Crippen LogP contribution in [0.1, 0.15) is 58.8 Å². The molecule has 0 aromatic carbocycles. The summed E-state index contributed by atoms with van der Waals surface area (Å²) in [4.78, 5) is 57.2. The lowest BCUT2D eigenvalue weighted by Gasteiger charge is -2.12. The van der Waals surface area contributed by atoms with Crippen LogP contribution >= 0.6 is 11.3 Å². The second kappa shape index (κ2) is 11.5. The highest BCUT2D eigenvalue weighted by Gasteiger charge is 2.22. The molecule has 0 unspecified atom stereocenters. The number of H-pyrrole nitrogens is 2. The zero-order valence-electron chi connectivity index (χ0n) is 18.4. The predicted octanol–water partition coefficient (Wildman–Crippen LogP) is 2.29. The lowest BCUT2D eigenvalue weighted by atomic mass is 10.1. The first-order valence-electron chi connectivity index (χ1n) is 10.9. The molecule has 0 aliphatic carbocycles. The first-order chi connectivity index (χ1) is 16.2. The minimum Gasteiger partial charge on any atom is -0.481 e. The summed E-state index contributed by atoms with van der Waals surface area (Å²) in [6.07, 6.45) is 5.00. The Morgan fingerprint density at radius 3 is 2.53 bits per heavy atom. The number of nitrogens with one attached hydrogen (secondary N) is 3. The minimum absolute atomic E-state index is 0.0833. The van der Waals surface area contributed by atoms with Crippen molar-refractivity contribution < 1.29 is 24.6 Å². The van der Waals surface area contributed by atoms with Crippen LogP contribution in [0.5, 0.6) is 0 Å². The van der Waals surface area contributed by atoms with Crippen molar-refractivity contribution in [2.24, 2.45) is 0 Å². The topological polar surface area (TPSA) is 191 Å². The average Bonchev–Trinajstić information content (AvgIpc) is 3.40. The Morgan fingerprint density at radius 1 is 1.09 bits per heavy atom. The van der Waals surface area contributed by atoms with Crippen LogP contribution in [0.2, 0.25) is 0 Å². The number of unbranched alkanes of at least 4 members (excludes halogenated alkanes) is 3. The Labute approximate surface area is 198 Å². The van der Waals surface area contributed by atoms with E-state index >= 15 is 0 Å². The minimum atomic E-state index is -1.26. The number of nitrogens with two attached hydrogens (primary N) is 1. The lowest BCUT2D eigenvalue weighted by molar-refractivity contribution is -0.140. The van der Waals surface area contributed by atoms with E-state index in [4.69, 9.17) is 10.8 Å². The summed E-state index contributed by atoms with van der Waals surface area (Å²) in [5, 5.41) is 20.8. The van der Waals surface area contributed by atoms with Gasteiger partial charge in [-0.25, -0.2) is 4.79 Å². The first kappa shape index (κ1) is 25.0. The fourth-order valence-corrected chi connectivity index (χ4v) is 4.54. The molecule has 3 aromatic heterocycles. The van der Waals surface area contributed by atoms with Crippen LogP contribution in [0.25, 0.3) is 11.0 Å². The normalized spacial score (nSPS) is 12.0. The fraction of sp³-hybridized carbons (Fsp3) is 0.409. The van der Waals surface area contributed by atoms with Crippen molar-refractivity contribution >= 4 is 46.2 Å². The largest absolute Gasteiger partial charge is 0.481 e. The summed E-state index contributed by atoms with van der Waals surface area (Å²) in [7, 11) is 0. The highest BCUT2D eigenvalue weighted by atomic mass is 32.1. The van der Waals surface area contributed by atoms with Gasteiger partial charge in [-0.3, -0.25) is 19.4 Å². The van der Waals surface area contributed by atoms with E-state index in [9.17, 15) is 24.3 Å². The molecule has 0 fully saturated rings. The number of hydrogen-bond donors (Lipinski definition) is 6. The first-order valence-corrected chi connectivity index (χ1v) is 11.8. The number of hydrogen-bond acceptors (Lipinski definition) is 7. The van der Waals surface area contributed by atoms with Gasteiger partial charge in [-0.15, -0.1) is 11.3 Å². The molecule has 1 amide bonds. The molecule has 34 heavy (non-hydrogen) atoms. The molecule has 3 rings (SSSR count). The number of carboxylic acids is 2. The quantitative estimate of drug-likeness (QED) is 0.197. The Morgan fingerprint density at radius 2 is 1.82 bits per heavy atom. The average molecular weight is 490 g/mol. The molecule has 12 heteroatoms. The molecule has 0 saturated carbocycles. The number of nitrogen functional groups attached to an aromatic ring is 1. The third-order valence-electron chi connectivity index (χ3n) is 5.33. The van der Waals surface area contributed by atoms with Crippen LogP contribution in [0.15, 0.2) is 23.0 Å². The number of anilines is 1. The summed E-state index contributed by atoms with van der Waals surface area (Å²) >= 11 is 1.31. The monoisotopic (exact) mass is 489 g/mol. The molecule has 1 atom stereocenters. The maximum atomic E-state index is 12.3. The van der Waals surface area contributed by atoms with Gasteiger partial charge in [-0.2, -0.15) is 4.98 Å². The molecule has 0 aliphatic rings. The summed E-state index contributed by atoms with van der Waals surface area (Å²) < 4.78 is 0. The highest BCUT2D eigenvalue weighted by molar-refractivity contribution is 7.14. The van der Waals surface area contributed by atoms with Crippen LogP contribution < -0.4 is 16.6 Å². The van der Waals surface area contributed by atoms with E-state index in [-0.39, 0.29) is 24.3 Å². The number of rotatable bonds is 13. The van der Waals surface area contributed by atoms with Crippen molar-refractivity contribution in [2.75, 3.05) is 5.73 Å². The molecule has 7 N–H and O–H groups in total. The number of nitrogens with zero attached hydrogens (tertiary/aromatic N) is 1. The van der Waals surface area contributed by atoms with E-state index in [1.165, 1.54) is 11.3 Å². The van der Waals surface area contributed by atoms with Crippen LogP contribution in [0.4, 0.5) is 5.95 Å². The number of fused-ring (bicyclic) bond motifs is 1. The van der Waals surface area contributed by atoms with Crippen molar-refractivity contribution in [3.63, 3.8) is 0 Å². The van der Waals surface area contributed by atoms with Crippen molar-refractivity contribution in [3.05, 3.63) is 44.0 Å². The molecule has 0 radical (unpaired) electrons. The molecule has 3 heterocycles. The lowest BCUT2D eigenvalue weighted by Crippen LogP contribution is -2.40. The number of aromatic amines is 2. The SMILES string of the molecule is Nc1nc2[nH]c(CCCCCCc3ccc(C(=O)N[C@@H](CCC(=O)O)C(=O)O)s3)cc2c(=O)[nH]1. The number of amides is 1. The fourth-order valence-electron chi connectivity index (χ4n) is 3.58. The number of carbonyl (C=O) groups is 3. The number of aromatic nitrogens is 3. The maximum Gasteiger partial charge on any atom is 0.326 e. The zero-order chi connectivity index (χ0) is 24.7. The van der Waals surface area contributed by atoms with E-state index in [0.717, 1.165) is 49.1 Å². The van der Waals surface area contributed by atoms with Gasteiger partial charge in [-0.05, 0) is 50.3 Å². The standard InChI is InChI=1S/C22H27N5O6S/c23-22-26-18-14(19(30)27-22)11-12(24-18)5-3-1-2-4-6-13-7-9-16(34-13)20(31)25-15(21(32)33)8-10-17(28)29/h7,9,11,15H,1-6,8,10H2,(H,25,31)(H,28,29)(H,32,33)(H4,23,24,26,27,30)/t15-/m0/s1. The summed E-state index contributed by atoms with van der Waals surface area (Å²) in [6, 6.07) is 4.07. The van der Waals surface area contributed by atoms with Crippen molar-refractivity contribution in [1.82, 2.24) is 20.3 Å². The highest BCUT2D eigenvalue weighted by Crippen LogP contribution is 2.20. The summed E-state index contributed by atoms with van der Waals surface area (Å²) in [5.41, 5.74) is 6.73. The Bertz CT molecular complexity index is 1230. The molecule has 3 aromatic rings. The van der Waals surface area contributed by atoms with E-state index in [0.29, 0.717) is 15.9 Å². The number of aryl methyl sites for hydroxylation is 2. The van der Waals surface area contributed by atoms with Crippen LogP contribution in [0, 0.1) is 0 Å². The van der Waals surface area contributed by atoms with E-state index < -0.39 is 23.9 Å². The molecule has 11 nitrogen and oxygen atoms in total. The van der Waals surface area contributed by atoms with Crippen molar-refractivity contribution in [3.8, 4) is 0 Å². The van der Waals surface area contributed by atoms with E-state index in [1.807, 2.05) is 6.07 Å². The summed E-state index contributed by atoms with van der Waals surface area (Å²) in [5.74, 6) is -2.80. The van der Waals surface area contributed by atoms with Gasteiger partial charge in [0.1, 0.15) is 11.7 Å². The number of aliphatic carboxylic acids is 2. The van der Waals surface area contributed by atoms with Crippen molar-refractivity contribution in [1.29, 1.82) is 0 Å². The molecule has 0 bridgehead atoms. The van der Waals surface area contributed by atoms with Gasteiger partial charge < -0.3 is 26.2 Å². The predicted molar refractivity (Wildman–Crippen MR) is 127 cm³/mol. The van der Waals surface area contributed by atoms with Crippen LogP contribution in [-0.4, -0.2) is 49.1 Å². The Kier molecular flexibility index (Phi) is 8.41. The Hall–Kier alpha value is -3.67. The number of carbonyl (C=O) groups excluding carboxylic acids is 1. The zero-order valence-corrected chi connectivity index (χ0v) is 19.2. The van der Waals surface area contributed by atoms with Gasteiger partial charge in [0.15, 0.2) is 0 Å². The molecular formula is C22H27N5O6S. The Balaban J connectivity index is 1.39. The smallest absolute Gasteiger partial charge is 0.326 e. The number of thiophene rings is 1. The van der Waals surface area contributed by atoms with Gasteiger partial charge in [0.25, 0.3) is 11.5 Å². The van der Waals surface area contributed by atoms with Crippen LogP contribution in [0.3, 0.4) is 0 Å². The van der Waals surface area contributed by atoms with E-state index in [2.05, 4.69) is 20.3 Å². The molecule has 0 spiro atoms. The summed E-state index contributed by atoms with van der Waals surface area (Å²) in [6.45, 7) is 0. The van der Waals surface area contributed by atoms with Gasteiger partial charge in [0, 0.05) is 17.0 Å². The van der Waals surface area contributed by atoms with Crippen LogP contribution in [-0.2, 0) is 22.4 Å². The molecular weight excluding hydrogens is 462 g/mol. The number of carboxylic acid groups (broad SMARTS) is 2. The van der Waals surface area contributed by atoms with Crippen molar-refractivity contribution in [2.45, 2.75) is 57.4 Å². The van der Waals surface area contributed by atoms with Gasteiger partial charge in [0.2, 0.25) is 5.95 Å². The van der Waals surface area contributed by atoms with Gasteiger partial charge >= 0.3 is 11.9 Å². The third kappa shape index (κ3) is 6.91. The molecule has 0 aliphatic heterocycles. The molecule has 182 valence electrons. The molecule has 0 saturated heterocycles. The van der Waals surface area contributed by atoms with Gasteiger partial charge in [0.05, 0.1) is 10.3 Å². The second-order valence-electron chi connectivity index (χ2n) is 7.98. The second-order valence-corrected chi connectivity index (χ2v) is 9.15. The van der Waals surface area contributed by atoms with E-state index in [1.54, 1.807) is 12.1 Å². The van der Waals surface area contributed by atoms with Gasteiger partial charge in [-0.1, -0.05) is 12.8 Å². The third-order valence-corrected chi connectivity index (χ3v) is 6.47. The maximum absolute atomic E-state index is 12.3.